The molecule has 0 radical (unpaired) electrons. The van der Waals surface area contributed by atoms with Crippen LogP contribution >= 0.6 is 0 Å². The fraction of sp³-hybridized carbons (Fsp3) is 0.625. The van der Waals surface area contributed by atoms with E-state index in [9.17, 15) is 14.4 Å². The summed E-state index contributed by atoms with van der Waals surface area (Å²) < 4.78 is 3.53. The van der Waals surface area contributed by atoms with Gasteiger partial charge in [-0.3, -0.25) is 18.7 Å². The number of aryl methyl sites for hydroxylation is 2. The Kier molecular flexibility index (Phi) is 6.78. The molecule has 7 heteroatoms. The molecule has 1 aromatic carbocycles. The van der Waals surface area contributed by atoms with Gasteiger partial charge in [-0.1, -0.05) is 19.1 Å². The maximum Gasteiger partial charge on any atom is 0.329 e. The van der Waals surface area contributed by atoms with E-state index in [-0.39, 0.29) is 23.4 Å². The van der Waals surface area contributed by atoms with Crippen LogP contribution in [0.3, 0.4) is 0 Å². The number of carbonyl (C=O) groups is 2. The van der Waals surface area contributed by atoms with Crippen molar-refractivity contribution < 1.29 is 9.59 Å². The number of para-hydroxylation sites is 2. The number of nitrogens with zero attached hydrogens (tertiary/aromatic N) is 4. The number of benzene rings is 1. The van der Waals surface area contributed by atoms with Gasteiger partial charge in [0.15, 0.2) is 0 Å². The Morgan fingerprint density at radius 2 is 1.48 bits per heavy atom. The van der Waals surface area contributed by atoms with Gasteiger partial charge >= 0.3 is 5.69 Å². The fourth-order valence-electron chi connectivity index (χ4n) is 5.04. The van der Waals surface area contributed by atoms with E-state index in [1.54, 1.807) is 9.13 Å². The first-order valence-corrected chi connectivity index (χ1v) is 11.8. The van der Waals surface area contributed by atoms with Gasteiger partial charge in [-0.25, -0.2) is 4.79 Å². The molecule has 2 saturated heterocycles. The van der Waals surface area contributed by atoms with E-state index in [4.69, 9.17) is 0 Å². The minimum Gasteiger partial charge on any atom is -0.343 e. The molecule has 0 aliphatic carbocycles. The summed E-state index contributed by atoms with van der Waals surface area (Å²) in [5, 5.41) is 0. The van der Waals surface area contributed by atoms with E-state index >= 15 is 0 Å². The highest BCUT2D eigenvalue weighted by molar-refractivity contribution is 5.80. The predicted octanol–water partition coefficient (Wildman–Crippen LogP) is 2.85. The molecule has 2 fully saturated rings. The van der Waals surface area contributed by atoms with Crippen molar-refractivity contribution in [1.29, 1.82) is 0 Å². The molecule has 0 unspecified atom stereocenters. The topological polar surface area (TPSA) is 67.5 Å². The van der Waals surface area contributed by atoms with Crippen LogP contribution in [-0.4, -0.2) is 56.9 Å². The maximum atomic E-state index is 12.9. The highest BCUT2D eigenvalue weighted by Crippen LogP contribution is 2.22. The second kappa shape index (κ2) is 9.71. The largest absolute Gasteiger partial charge is 0.343 e. The summed E-state index contributed by atoms with van der Waals surface area (Å²) >= 11 is 0. The Bertz CT molecular complexity index is 978. The third-order valence-corrected chi connectivity index (χ3v) is 6.79. The normalized spacial score (nSPS) is 18.0. The number of aromatic nitrogens is 2. The quantitative estimate of drug-likeness (QED) is 0.713. The molecule has 3 heterocycles. The molecule has 2 aliphatic rings. The Labute approximate surface area is 183 Å². The average Bonchev–Trinajstić information content (AvgIpc) is 3.09. The monoisotopic (exact) mass is 426 g/mol. The van der Waals surface area contributed by atoms with Crippen molar-refractivity contribution >= 4 is 22.8 Å². The summed E-state index contributed by atoms with van der Waals surface area (Å²) in [6.07, 6.45) is 6.13. The number of likely N-dealkylation sites (tertiary alicyclic amines) is 2. The lowest BCUT2D eigenvalue weighted by Gasteiger charge is -2.35. The van der Waals surface area contributed by atoms with Crippen molar-refractivity contribution in [3.63, 3.8) is 0 Å². The summed E-state index contributed by atoms with van der Waals surface area (Å²) in [5.74, 6) is 0.405. The summed E-state index contributed by atoms with van der Waals surface area (Å²) in [7, 11) is 0. The van der Waals surface area contributed by atoms with Crippen LogP contribution in [-0.2, 0) is 22.7 Å². The smallest absolute Gasteiger partial charge is 0.329 e. The second-order valence-corrected chi connectivity index (χ2v) is 8.87. The second-order valence-electron chi connectivity index (χ2n) is 8.87. The van der Waals surface area contributed by atoms with E-state index < -0.39 is 0 Å². The van der Waals surface area contributed by atoms with Crippen LogP contribution in [0.4, 0.5) is 0 Å². The number of amides is 2. The molecule has 0 bridgehead atoms. The molecule has 1 aromatic heterocycles. The molecule has 0 saturated carbocycles. The van der Waals surface area contributed by atoms with E-state index in [0.717, 1.165) is 56.2 Å². The molecule has 0 N–H and O–H groups in total. The van der Waals surface area contributed by atoms with Crippen molar-refractivity contribution in [2.24, 2.45) is 5.92 Å². The minimum absolute atomic E-state index is 0.0401. The zero-order chi connectivity index (χ0) is 21.8. The SMILES string of the molecule is CCCn1c(=O)n(CCC(=O)N2CCC(C(=O)N3CCCCC3)CC2)c2ccccc21. The number of imidazole rings is 1. The standard InChI is InChI=1S/C24H34N4O3/c1-2-13-27-20-8-4-5-9-21(20)28(24(27)31)18-12-22(29)25-16-10-19(11-17-25)23(30)26-14-6-3-7-15-26/h4-5,8-9,19H,2-3,6-7,10-18H2,1H3. The van der Waals surface area contributed by atoms with Crippen LogP contribution in [0.1, 0.15) is 51.9 Å². The summed E-state index contributed by atoms with van der Waals surface area (Å²) in [6, 6.07) is 7.79. The molecule has 0 spiro atoms. The first kappa shape index (κ1) is 21.7. The van der Waals surface area contributed by atoms with Crippen molar-refractivity contribution in [2.45, 2.75) is 65.0 Å². The minimum atomic E-state index is -0.0401. The zero-order valence-electron chi connectivity index (χ0n) is 18.6. The molecule has 2 amide bonds. The predicted molar refractivity (Wildman–Crippen MR) is 121 cm³/mol. The van der Waals surface area contributed by atoms with Crippen LogP contribution < -0.4 is 5.69 Å². The summed E-state index contributed by atoms with van der Waals surface area (Å²) in [6.45, 7) is 6.17. The molecule has 31 heavy (non-hydrogen) atoms. The first-order valence-electron chi connectivity index (χ1n) is 11.8. The van der Waals surface area contributed by atoms with Crippen LogP contribution in [0.5, 0.6) is 0 Å². The van der Waals surface area contributed by atoms with Gasteiger partial charge in [-0.2, -0.15) is 0 Å². The lowest BCUT2D eigenvalue weighted by Crippen LogP contribution is -2.45. The lowest BCUT2D eigenvalue weighted by atomic mass is 9.94. The molecule has 2 aliphatic heterocycles. The Morgan fingerprint density at radius 3 is 2.10 bits per heavy atom. The van der Waals surface area contributed by atoms with Gasteiger partial charge in [0.05, 0.1) is 11.0 Å². The third kappa shape index (κ3) is 4.55. The van der Waals surface area contributed by atoms with Crippen LogP contribution in [0.25, 0.3) is 11.0 Å². The fourth-order valence-corrected chi connectivity index (χ4v) is 5.04. The van der Waals surface area contributed by atoms with Gasteiger partial charge in [0, 0.05) is 51.6 Å². The van der Waals surface area contributed by atoms with Gasteiger partial charge in [0.25, 0.3) is 0 Å². The van der Waals surface area contributed by atoms with Crippen molar-refractivity contribution in [3.05, 3.63) is 34.7 Å². The Hall–Kier alpha value is -2.57. The van der Waals surface area contributed by atoms with Gasteiger partial charge in [-0.15, -0.1) is 0 Å². The molecule has 168 valence electrons. The Morgan fingerprint density at radius 1 is 0.871 bits per heavy atom. The highest BCUT2D eigenvalue weighted by atomic mass is 16.2. The van der Waals surface area contributed by atoms with E-state index in [1.165, 1.54) is 6.42 Å². The summed E-state index contributed by atoms with van der Waals surface area (Å²) in [4.78, 5) is 42.4. The van der Waals surface area contributed by atoms with Gasteiger partial charge in [0.1, 0.15) is 0 Å². The molecular formula is C24H34N4O3. The molecule has 4 rings (SSSR count). The van der Waals surface area contributed by atoms with Gasteiger partial charge in [0.2, 0.25) is 11.8 Å². The highest BCUT2D eigenvalue weighted by Gasteiger charge is 2.30. The van der Waals surface area contributed by atoms with Crippen molar-refractivity contribution in [1.82, 2.24) is 18.9 Å². The number of hydrogen-bond acceptors (Lipinski definition) is 3. The number of piperidine rings is 2. The number of carbonyl (C=O) groups excluding carboxylic acids is 2. The average molecular weight is 427 g/mol. The van der Waals surface area contributed by atoms with Gasteiger partial charge < -0.3 is 9.80 Å². The molecular weight excluding hydrogens is 392 g/mol. The van der Waals surface area contributed by atoms with Crippen molar-refractivity contribution in [2.75, 3.05) is 26.2 Å². The van der Waals surface area contributed by atoms with Crippen LogP contribution in [0.2, 0.25) is 0 Å². The molecule has 2 aromatic rings. The van der Waals surface area contributed by atoms with Crippen LogP contribution in [0, 0.1) is 5.92 Å². The number of rotatable bonds is 6. The number of hydrogen-bond donors (Lipinski definition) is 0. The zero-order valence-corrected chi connectivity index (χ0v) is 18.6. The Balaban J connectivity index is 1.34. The maximum absolute atomic E-state index is 12.9. The van der Waals surface area contributed by atoms with E-state index in [1.807, 2.05) is 34.1 Å². The summed E-state index contributed by atoms with van der Waals surface area (Å²) in [5.41, 5.74) is 1.78. The number of fused-ring (bicyclic) bond motifs is 1. The van der Waals surface area contributed by atoms with E-state index in [2.05, 4.69) is 6.92 Å². The molecule has 7 nitrogen and oxygen atoms in total. The molecule has 0 atom stereocenters. The van der Waals surface area contributed by atoms with Crippen molar-refractivity contribution in [3.8, 4) is 0 Å². The van der Waals surface area contributed by atoms with Gasteiger partial charge in [-0.05, 0) is 50.7 Å². The third-order valence-electron chi connectivity index (χ3n) is 6.79. The lowest BCUT2D eigenvalue weighted by molar-refractivity contribution is -0.141. The first-order chi connectivity index (χ1) is 15.1. The van der Waals surface area contributed by atoms with Crippen LogP contribution in [0.15, 0.2) is 29.1 Å². The van der Waals surface area contributed by atoms with E-state index in [0.29, 0.717) is 32.6 Å².